The molecule has 32 heavy (non-hydrogen) atoms. The summed E-state index contributed by atoms with van der Waals surface area (Å²) in [6, 6.07) is 0. The second-order valence-electron chi connectivity index (χ2n) is 7.37. The van der Waals surface area contributed by atoms with Crippen molar-refractivity contribution >= 4 is 46.9 Å². The van der Waals surface area contributed by atoms with Crippen LogP contribution < -0.4 is 4.74 Å². The van der Waals surface area contributed by atoms with Crippen LogP contribution in [0, 0.1) is 5.92 Å². The van der Waals surface area contributed by atoms with Gasteiger partial charge in [-0.05, 0) is 32.1 Å². The molecule has 0 amide bonds. The molecule has 11 heteroatoms. The number of fused-ring (bicyclic) bond motifs is 1. The van der Waals surface area contributed by atoms with Crippen molar-refractivity contribution in [2.24, 2.45) is 5.92 Å². The number of carbonyl (C=O) groups is 2. The fourth-order valence-electron chi connectivity index (χ4n) is 3.24. The standard InChI is InChI=1S/C21H23Cl2N3O5S/c1-12(4-2-7-18(27)28)20(29)31-11-30-19-13-5-3-6-17(13)25-21(26-19)32-10-14-15(22)8-24-9-16(14)23/h8-9,12H,2-7,10-11H2,1H3,(H,27,28). The van der Waals surface area contributed by atoms with Crippen molar-refractivity contribution in [3.05, 3.63) is 39.3 Å². The highest BCUT2D eigenvalue weighted by atomic mass is 35.5. The van der Waals surface area contributed by atoms with Gasteiger partial charge in [0.1, 0.15) is 0 Å². The van der Waals surface area contributed by atoms with Gasteiger partial charge in [-0.1, -0.05) is 41.9 Å². The molecule has 0 spiro atoms. The fraction of sp³-hybridized carbons (Fsp3) is 0.476. The largest absolute Gasteiger partial charge is 0.481 e. The van der Waals surface area contributed by atoms with E-state index >= 15 is 0 Å². The highest BCUT2D eigenvalue weighted by Gasteiger charge is 2.22. The number of hydrogen-bond acceptors (Lipinski definition) is 8. The number of nitrogens with zero attached hydrogens (tertiary/aromatic N) is 3. The maximum absolute atomic E-state index is 12.1. The van der Waals surface area contributed by atoms with E-state index in [0.717, 1.165) is 36.1 Å². The second-order valence-corrected chi connectivity index (χ2v) is 9.13. The van der Waals surface area contributed by atoms with Crippen LogP contribution in [0.2, 0.25) is 10.0 Å². The minimum Gasteiger partial charge on any atom is -0.481 e. The first-order chi connectivity index (χ1) is 15.3. The van der Waals surface area contributed by atoms with E-state index in [2.05, 4.69) is 15.0 Å². The second kappa shape index (κ2) is 11.7. The number of ether oxygens (including phenoxy) is 2. The summed E-state index contributed by atoms with van der Waals surface area (Å²) in [5.41, 5.74) is 2.61. The number of aromatic nitrogens is 3. The number of hydrogen-bond donors (Lipinski definition) is 1. The summed E-state index contributed by atoms with van der Waals surface area (Å²) >= 11 is 13.8. The number of pyridine rings is 1. The molecule has 8 nitrogen and oxygen atoms in total. The smallest absolute Gasteiger partial charge is 0.311 e. The van der Waals surface area contributed by atoms with Crippen LogP contribution in [-0.2, 0) is 32.9 Å². The average Bonchev–Trinajstić information content (AvgIpc) is 3.22. The Morgan fingerprint density at radius 3 is 2.69 bits per heavy atom. The predicted molar refractivity (Wildman–Crippen MR) is 120 cm³/mol. The van der Waals surface area contributed by atoms with E-state index in [1.165, 1.54) is 11.8 Å². The lowest BCUT2D eigenvalue weighted by molar-refractivity contribution is -0.155. The minimum absolute atomic E-state index is 0.0254. The van der Waals surface area contributed by atoms with Crippen molar-refractivity contribution in [3.8, 4) is 5.88 Å². The van der Waals surface area contributed by atoms with Crippen LogP contribution >= 0.6 is 35.0 Å². The minimum atomic E-state index is -0.881. The molecule has 2 aromatic heterocycles. The highest BCUT2D eigenvalue weighted by Crippen LogP contribution is 2.33. The van der Waals surface area contributed by atoms with E-state index in [4.69, 9.17) is 37.8 Å². The van der Waals surface area contributed by atoms with Gasteiger partial charge in [0.05, 0.1) is 21.7 Å². The highest BCUT2D eigenvalue weighted by molar-refractivity contribution is 7.98. The molecule has 0 saturated heterocycles. The van der Waals surface area contributed by atoms with Crippen LogP contribution in [0.3, 0.4) is 0 Å². The van der Waals surface area contributed by atoms with E-state index in [9.17, 15) is 9.59 Å². The van der Waals surface area contributed by atoms with Gasteiger partial charge in [-0.2, -0.15) is 4.98 Å². The van der Waals surface area contributed by atoms with Gasteiger partial charge in [0.25, 0.3) is 0 Å². The van der Waals surface area contributed by atoms with E-state index in [-0.39, 0.29) is 13.2 Å². The molecule has 2 heterocycles. The monoisotopic (exact) mass is 499 g/mol. The Morgan fingerprint density at radius 2 is 1.97 bits per heavy atom. The molecule has 0 bridgehead atoms. The summed E-state index contributed by atoms with van der Waals surface area (Å²) in [7, 11) is 0. The van der Waals surface area contributed by atoms with Crippen molar-refractivity contribution in [2.75, 3.05) is 6.79 Å². The van der Waals surface area contributed by atoms with Crippen LogP contribution in [0.15, 0.2) is 17.6 Å². The topological polar surface area (TPSA) is 112 Å². The lowest BCUT2D eigenvalue weighted by atomic mass is 10.0. The summed E-state index contributed by atoms with van der Waals surface area (Å²) in [4.78, 5) is 35.8. The zero-order chi connectivity index (χ0) is 23.1. The van der Waals surface area contributed by atoms with Gasteiger partial charge in [0.15, 0.2) is 5.16 Å². The predicted octanol–water partition coefficient (Wildman–Crippen LogP) is 4.73. The van der Waals surface area contributed by atoms with Crippen LogP contribution in [0.5, 0.6) is 5.88 Å². The summed E-state index contributed by atoms with van der Waals surface area (Å²) in [5, 5.41) is 10.2. The first kappa shape index (κ1) is 24.5. The molecule has 3 rings (SSSR count). The molecular weight excluding hydrogens is 477 g/mol. The van der Waals surface area contributed by atoms with Gasteiger partial charge in [-0.25, -0.2) is 4.98 Å². The molecule has 0 aliphatic heterocycles. The Kier molecular flexibility index (Phi) is 8.95. The Labute approximate surface area is 200 Å². The Hall–Kier alpha value is -2.10. The quantitative estimate of drug-likeness (QED) is 0.203. The lowest BCUT2D eigenvalue weighted by Gasteiger charge is -2.14. The van der Waals surface area contributed by atoms with Crippen LogP contribution in [0.25, 0.3) is 0 Å². The maximum Gasteiger partial charge on any atom is 0.311 e. The Morgan fingerprint density at radius 1 is 1.22 bits per heavy atom. The number of esters is 1. The average molecular weight is 500 g/mol. The normalized spacial score (nSPS) is 13.5. The molecule has 1 atom stereocenters. The number of carboxylic acid groups (broad SMARTS) is 1. The van der Waals surface area contributed by atoms with Crippen LogP contribution in [0.1, 0.15) is 49.4 Å². The van der Waals surface area contributed by atoms with E-state index in [1.807, 2.05) is 0 Å². The van der Waals surface area contributed by atoms with Gasteiger partial charge in [0, 0.05) is 35.7 Å². The molecular formula is C21H23Cl2N3O5S. The molecule has 0 radical (unpaired) electrons. The summed E-state index contributed by atoms with van der Waals surface area (Å²) in [6.45, 7) is 1.44. The lowest BCUT2D eigenvalue weighted by Crippen LogP contribution is -2.18. The molecule has 0 saturated carbocycles. The van der Waals surface area contributed by atoms with Crippen molar-refractivity contribution in [3.63, 3.8) is 0 Å². The van der Waals surface area contributed by atoms with Crippen molar-refractivity contribution in [2.45, 2.75) is 56.4 Å². The van der Waals surface area contributed by atoms with E-state index in [1.54, 1.807) is 19.3 Å². The Balaban J connectivity index is 1.59. The molecule has 172 valence electrons. The van der Waals surface area contributed by atoms with Crippen molar-refractivity contribution in [1.29, 1.82) is 0 Å². The summed E-state index contributed by atoms with van der Waals surface area (Å²) < 4.78 is 10.9. The molecule has 0 aromatic carbocycles. The van der Waals surface area contributed by atoms with Gasteiger partial charge in [-0.3, -0.25) is 14.6 Å². The van der Waals surface area contributed by atoms with Crippen LogP contribution in [0.4, 0.5) is 0 Å². The third kappa shape index (κ3) is 6.70. The van der Waals surface area contributed by atoms with Crippen molar-refractivity contribution in [1.82, 2.24) is 15.0 Å². The van der Waals surface area contributed by atoms with E-state index in [0.29, 0.717) is 39.7 Å². The van der Waals surface area contributed by atoms with Gasteiger partial charge in [0.2, 0.25) is 12.7 Å². The third-order valence-corrected chi connectivity index (χ3v) is 6.52. The van der Waals surface area contributed by atoms with E-state index < -0.39 is 17.9 Å². The molecule has 1 aliphatic carbocycles. The number of carbonyl (C=O) groups excluding carboxylic acids is 1. The number of rotatable bonds is 11. The molecule has 1 N–H and O–H groups in total. The summed E-state index contributed by atoms with van der Waals surface area (Å²) in [6.07, 6.45) is 6.55. The number of aliphatic carboxylic acids is 1. The van der Waals surface area contributed by atoms with Crippen LogP contribution in [-0.4, -0.2) is 38.8 Å². The third-order valence-electron chi connectivity index (χ3n) is 5.00. The van der Waals surface area contributed by atoms with Gasteiger partial charge < -0.3 is 14.6 Å². The van der Waals surface area contributed by atoms with Crippen molar-refractivity contribution < 1.29 is 24.2 Å². The Bertz CT molecular complexity index is 972. The molecule has 1 unspecified atom stereocenters. The number of aryl methyl sites for hydroxylation is 1. The van der Waals surface area contributed by atoms with Gasteiger partial charge >= 0.3 is 11.9 Å². The molecule has 0 fully saturated rings. The number of halogens is 2. The number of carboxylic acids is 1. The summed E-state index contributed by atoms with van der Waals surface area (Å²) in [5.74, 6) is -0.837. The van der Waals surface area contributed by atoms with Gasteiger partial charge in [-0.15, -0.1) is 0 Å². The first-order valence-electron chi connectivity index (χ1n) is 10.2. The fourth-order valence-corrected chi connectivity index (χ4v) is 4.80. The SMILES string of the molecule is CC(CCCC(=O)O)C(=O)OCOc1nc(SCc2c(Cl)cncc2Cl)nc2c1CCC2. The zero-order valence-corrected chi connectivity index (χ0v) is 19.8. The zero-order valence-electron chi connectivity index (χ0n) is 17.5. The first-order valence-corrected chi connectivity index (χ1v) is 11.9. The maximum atomic E-state index is 12.1. The molecule has 2 aromatic rings. The molecule has 1 aliphatic rings. The number of thioether (sulfide) groups is 1.